The van der Waals surface area contributed by atoms with Crippen molar-refractivity contribution in [1.82, 2.24) is 0 Å². The molecule has 0 aromatic heterocycles. The van der Waals surface area contributed by atoms with Gasteiger partial charge in [-0.2, -0.15) is 0 Å². The van der Waals surface area contributed by atoms with Crippen LogP contribution in [0.15, 0.2) is 41.4 Å². The smallest absolute Gasteiger partial charge is 0.0590 e. The van der Waals surface area contributed by atoms with Gasteiger partial charge < -0.3 is 0 Å². The summed E-state index contributed by atoms with van der Waals surface area (Å²) in [4.78, 5) is 4.43. The molecule has 0 saturated carbocycles. The van der Waals surface area contributed by atoms with Gasteiger partial charge in [0.05, 0.1) is 6.54 Å². The van der Waals surface area contributed by atoms with Crippen LogP contribution in [0.3, 0.4) is 0 Å². The van der Waals surface area contributed by atoms with Crippen molar-refractivity contribution in [3.8, 4) is 0 Å². The second-order valence-electron chi connectivity index (χ2n) is 4.29. The highest BCUT2D eigenvalue weighted by atomic mass is 14.7. The van der Waals surface area contributed by atoms with Crippen LogP contribution in [0.5, 0.6) is 0 Å². The van der Waals surface area contributed by atoms with Gasteiger partial charge in [0.15, 0.2) is 0 Å². The highest BCUT2D eigenvalue weighted by molar-refractivity contribution is 5.70. The maximum Gasteiger partial charge on any atom is 0.0590 e. The van der Waals surface area contributed by atoms with Gasteiger partial charge in [0, 0.05) is 12.1 Å². The fraction of sp³-hybridized carbons (Fsp3) is 0.357. The van der Waals surface area contributed by atoms with Crippen LogP contribution < -0.4 is 0 Å². The molecule has 0 radical (unpaired) electrons. The van der Waals surface area contributed by atoms with Crippen LogP contribution in [0, 0.1) is 0 Å². The van der Waals surface area contributed by atoms with Crippen LogP contribution in [0.4, 0.5) is 0 Å². The number of hydrogen-bond donors (Lipinski definition) is 0. The maximum atomic E-state index is 4.43. The summed E-state index contributed by atoms with van der Waals surface area (Å²) >= 11 is 0. The second-order valence-corrected chi connectivity index (χ2v) is 4.29. The Labute approximate surface area is 91.6 Å². The number of nitrogens with zero attached hydrogens (tertiary/aromatic N) is 1. The summed E-state index contributed by atoms with van der Waals surface area (Å²) in [5, 5.41) is 0. The summed E-state index contributed by atoms with van der Waals surface area (Å²) in [5.74, 6) is 0.528. The zero-order valence-electron chi connectivity index (χ0n) is 9.24. The third-order valence-electron chi connectivity index (χ3n) is 2.83. The van der Waals surface area contributed by atoms with Crippen LogP contribution in [-0.4, -0.2) is 12.8 Å². The van der Waals surface area contributed by atoms with E-state index in [4.69, 9.17) is 0 Å². The standard InChI is InChI=1S/C14H17N/c1-11(2)9-15-10-13-8-7-12-5-3-4-6-14(12)13/h3-6,10,13H,1,7-9H2,2H3. The molecule has 78 valence electrons. The lowest BCUT2D eigenvalue weighted by Crippen LogP contribution is -1.95. The first kappa shape index (κ1) is 10.2. The van der Waals surface area contributed by atoms with Crippen molar-refractivity contribution in [2.75, 3.05) is 6.54 Å². The summed E-state index contributed by atoms with van der Waals surface area (Å²) in [6.07, 6.45) is 4.50. The monoisotopic (exact) mass is 199 g/mol. The average Bonchev–Trinajstić information content (AvgIpc) is 2.62. The third-order valence-corrected chi connectivity index (χ3v) is 2.83. The van der Waals surface area contributed by atoms with Gasteiger partial charge in [0.25, 0.3) is 0 Å². The average molecular weight is 199 g/mol. The van der Waals surface area contributed by atoms with Gasteiger partial charge >= 0.3 is 0 Å². The molecule has 1 nitrogen and oxygen atoms in total. The summed E-state index contributed by atoms with van der Waals surface area (Å²) in [6, 6.07) is 8.68. The van der Waals surface area contributed by atoms with Crippen LogP contribution in [-0.2, 0) is 6.42 Å². The Hall–Kier alpha value is -1.37. The zero-order chi connectivity index (χ0) is 10.7. The normalized spacial score (nSPS) is 19.4. The van der Waals surface area contributed by atoms with E-state index in [1.165, 1.54) is 24.0 Å². The molecule has 0 N–H and O–H groups in total. The van der Waals surface area contributed by atoms with Crippen molar-refractivity contribution in [1.29, 1.82) is 0 Å². The second kappa shape index (κ2) is 4.43. The fourth-order valence-electron chi connectivity index (χ4n) is 2.08. The van der Waals surface area contributed by atoms with E-state index in [-0.39, 0.29) is 0 Å². The number of aliphatic imine (C=N–C) groups is 1. The van der Waals surface area contributed by atoms with Crippen molar-refractivity contribution < 1.29 is 0 Å². The molecular formula is C14H17N. The largest absolute Gasteiger partial charge is 0.293 e. The summed E-state index contributed by atoms with van der Waals surface area (Å²) in [7, 11) is 0. The molecule has 1 unspecified atom stereocenters. The predicted molar refractivity (Wildman–Crippen MR) is 65.7 cm³/mol. The molecule has 1 heteroatoms. The molecule has 0 heterocycles. The van der Waals surface area contributed by atoms with Crippen molar-refractivity contribution in [3.63, 3.8) is 0 Å². The van der Waals surface area contributed by atoms with Crippen molar-refractivity contribution in [2.24, 2.45) is 4.99 Å². The summed E-state index contributed by atoms with van der Waals surface area (Å²) in [6.45, 7) is 6.63. The van der Waals surface area contributed by atoms with Gasteiger partial charge in [0.1, 0.15) is 0 Å². The van der Waals surface area contributed by atoms with Crippen molar-refractivity contribution in [3.05, 3.63) is 47.5 Å². The first-order valence-corrected chi connectivity index (χ1v) is 5.49. The Kier molecular flexibility index (Phi) is 3.00. The predicted octanol–water partition coefficient (Wildman–Crippen LogP) is 3.36. The number of rotatable bonds is 3. The van der Waals surface area contributed by atoms with E-state index in [2.05, 4.69) is 42.1 Å². The quantitative estimate of drug-likeness (QED) is 0.523. The molecule has 2 rings (SSSR count). The fourth-order valence-corrected chi connectivity index (χ4v) is 2.08. The lowest BCUT2D eigenvalue weighted by Gasteiger charge is -2.04. The van der Waals surface area contributed by atoms with E-state index < -0.39 is 0 Å². The van der Waals surface area contributed by atoms with Gasteiger partial charge in [-0.15, -0.1) is 0 Å². The van der Waals surface area contributed by atoms with Crippen molar-refractivity contribution in [2.45, 2.75) is 25.7 Å². The highest BCUT2D eigenvalue weighted by Crippen LogP contribution is 2.31. The minimum Gasteiger partial charge on any atom is -0.293 e. The minimum atomic E-state index is 0.528. The summed E-state index contributed by atoms with van der Waals surface area (Å²) in [5.41, 5.74) is 4.07. The number of aryl methyl sites for hydroxylation is 1. The van der Waals surface area contributed by atoms with E-state index in [1.54, 1.807) is 0 Å². The van der Waals surface area contributed by atoms with Crippen LogP contribution in [0.2, 0.25) is 0 Å². The third kappa shape index (κ3) is 2.35. The van der Waals surface area contributed by atoms with Gasteiger partial charge in [-0.3, -0.25) is 4.99 Å². The molecule has 0 bridgehead atoms. The molecule has 0 fully saturated rings. The van der Waals surface area contributed by atoms with Gasteiger partial charge in [0.2, 0.25) is 0 Å². The number of benzene rings is 1. The van der Waals surface area contributed by atoms with E-state index in [0.717, 1.165) is 12.1 Å². The Morgan fingerprint density at radius 2 is 2.33 bits per heavy atom. The molecule has 1 aliphatic carbocycles. The topological polar surface area (TPSA) is 12.4 Å². The first-order chi connectivity index (χ1) is 7.27. The zero-order valence-corrected chi connectivity index (χ0v) is 9.24. The number of hydrogen-bond acceptors (Lipinski definition) is 1. The van der Waals surface area contributed by atoms with Crippen LogP contribution >= 0.6 is 0 Å². The van der Waals surface area contributed by atoms with Gasteiger partial charge in [-0.05, 0) is 30.9 Å². The summed E-state index contributed by atoms with van der Waals surface area (Å²) < 4.78 is 0. The first-order valence-electron chi connectivity index (χ1n) is 5.49. The Balaban J connectivity index is 2.08. The number of fused-ring (bicyclic) bond motifs is 1. The maximum absolute atomic E-state index is 4.43. The molecule has 0 aliphatic heterocycles. The molecule has 0 spiro atoms. The van der Waals surface area contributed by atoms with E-state index >= 15 is 0 Å². The van der Waals surface area contributed by atoms with Gasteiger partial charge in [-0.1, -0.05) is 36.4 Å². The molecule has 1 aromatic carbocycles. The van der Waals surface area contributed by atoms with Crippen molar-refractivity contribution >= 4 is 6.21 Å². The Morgan fingerprint density at radius 3 is 3.13 bits per heavy atom. The SMILES string of the molecule is C=C(C)CN=CC1CCc2ccccc21. The van der Waals surface area contributed by atoms with Crippen LogP contribution in [0.1, 0.15) is 30.4 Å². The molecule has 1 aliphatic rings. The lowest BCUT2D eigenvalue weighted by atomic mass is 10.0. The highest BCUT2D eigenvalue weighted by Gasteiger charge is 2.19. The van der Waals surface area contributed by atoms with E-state index in [0.29, 0.717) is 5.92 Å². The Morgan fingerprint density at radius 1 is 1.53 bits per heavy atom. The lowest BCUT2D eigenvalue weighted by molar-refractivity contribution is 0.856. The van der Waals surface area contributed by atoms with Gasteiger partial charge in [-0.25, -0.2) is 0 Å². The van der Waals surface area contributed by atoms with E-state index in [1.807, 2.05) is 6.92 Å². The molecule has 0 amide bonds. The van der Waals surface area contributed by atoms with E-state index in [9.17, 15) is 0 Å². The van der Waals surface area contributed by atoms with Crippen LogP contribution in [0.25, 0.3) is 0 Å². The Bertz CT molecular complexity index is 390. The molecule has 15 heavy (non-hydrogen) atoms. The molecule has 1 atom stereocenters. The minimum absolute atomic E-state index is 0.528. The molecule has 1 aromatic rings. The molecular weight excluding hydrogens is 182 g/mol. The molecule has 0 saturated heterocycles.